The van der Waals surface area contributed by atoms with Gasteiger partial charge in [0.05, 0.1) is 31.4 Å². The molecule has 3 spiro atoms. The topological polar surface area (TPSA) is 103 Å². The first-order valence-corrected chi connectivity index (χ1v) is 11.3. The van der Waals surface area contributed by atoms with Crippen molar-refractivity contribution in [2.24, 2.45) is 5.41 Å². The van der Waals surface area contributed by atoms with Crippen LogP contribution in [0.15, 0.2) is 24.3 Å². The molecule has 2 saturated heterocycles. The monoisotopic (exact) mass is 437 g/mol. The summed E-state index contributed by atoms with van der Waals surface area (Å²) >= 11 is 0. The molecule has 3 aliphatic carbocycles. The largest absolute Gasteiger partial charge is 0.467 e. The van der Waals surface area contributed by atoms with E-state index in [1.807, 2.05) is 24.3 Å². The third kappa shape index (κ3) is 1.59. The van der Waals surface area contributed by atoms with E-state index in [0.29, 0.717) is 31.5 Å². The van der Waals surface area contributed by atoms with Crippen LogP contribution in [0.1, 0.15) is 44.1 Å². The van der Waals surface area contributed by atoms with Crippen molar-refractivity contribution in [1.29, 1.82) is 5.26 Å². The molecular formula is C24H27N3O5. The average Bonchev–Trinajstić information content (AvgIpc) is 3.31. The predicted octanol–water partition coefficient (Wildman–Crippen LogP) is 2.10. The second-order valence-electron chi connectivity index (χ2n) is 10.1. The lowest BCUT2D eigenvalue weighted by molar-refractivity contribution is -0.244. The van der Waals surface area contributed by atoms with Gasteiger partial charge in [-0.1, -0.05) is 18.2 Å². The molecule has 6 aliphatic rings. The summed E-state index contributed by atoms with van der Waals surface area (Å²) in [4.78, 5) is 30.6. The molecule has 1 aromatic carbocycles. The van der Waals surface area contributed by atoms with Gasteiger partial charge in [0.15, 0.2) is 5.60 Å². The number of amides is 1. The maximum atomic E-state index is 13.4. The zero-order valence-corrected chi connectivity index (χ0v) is 18.4. The third-order valence-corrected chi connectivity index (χ3v) is 9.68. The van der Waals surface area contributed by atoms with Crippen LogP contribution >= 0.6 is 0 Å². The molecule has 3 saturated carbocycles. The van der Waals surface area contributed by atoms with E-state index >= 15 is 0 Å². The van der Waals surface area contributed by atoms with E-state index in [2.05, 4.69) is 11.0 Å². The third-order valence-electron chi connectivity index (χ3n) is 9.68. The Kier molecular flexibility index (Phi) is 3.65. The lowest BCUT2D eigenvalue weighted by atomic mass is 9.32. The molecule has 3 aliphatic heterocycles. The molecule has 5 fully saturated rings. The van der Waals surface area contributed by atoms with E-state index in [0.717, 1.165) is 24.9 Å². The lowest BCUT2D eigenvalue weighted by Crippen LogP contribution is -2.90. The number of carbonyl (C=O) groups is 2. The molecule has 5 atom stereocenters. The van der Waals surface area contributed by atoms with Crippen LogP contribution in [0.4, 0.5) is 10.5 Å². The second kappa shape index (κ2) is 5.83. The van der Waals surface area contributed by atoms with Gasteiger partial charge in [-0.3, -0.25) is 9.80 Å². The number of aliphatic hydroxyl groups is 1. The molecule has 0 aromatic heterocycles. The highest BCUT2D eigenvalue weighted by Crippen LogP contribution is 2.80. The Balaban J connectivity index is 1.80. The first kappa shape index (κ1) is 20.0. The number of piperidine rings is 1. The van der Waals surface area contributed by atoms with Crippen molar-refractivity contribution in [1.82, 2.24) is 4.90 Å². The predicted molar refractivity (Wildman–Crippen MR) is 113 cm³/mol. The average molecular weight is 437 g/mol. The smallest absolute Gasteiger partial charge is 0.414 e. The Bertz CT molecular complexity index is 1100. The maximum absolute atomic E-state index is 13.4. The second-order valence-corrected chi connectivity index (χ2v) is 10.1. The molecule has 3 heterocycles. The molecule has 168 valence electrons. The summed E-state index contributed by atoms with van der Waals surface area (Å²) in [6.07, 6.45) is 2.76. The van der Waals surface area contributed by atoms with Gasteiger partial charge in [-0.15, -0.1) is 0 Å². The first-order chi connectivity index (χ1) is 15.4. The summed E-state index contributed by atoms with van der Waals surface area (Å²) in [7, 11) is 2.58. The number of benzene rings is 1. The Morgan fingerprint density at radius 3 is 2.59 bits per heavy atom. The highest BCUT2D eigenvalue weighted by molar-refractivity contribution is 5.99. The summed E-state index contributed by atoms with van der Waals surface area (Å²) in [6.45, 7) is 1.47. The highest BCUT2D eigenvalue weighted by atomic mass is 16.6. The van der Waals surface area contributed by atoms with Crippen LogP contribution in [0.3, 0.4) is 0 Å². The number of carbonyl (C=O) groups excluding carboxylic acids is 2. The molecule has 1 N–H and O–H groups in total. The molecule has 0 unspecified atom stereocenters. The van der Waals surface area contributed by atoms with Gasteiger partial charge in [-0.25, -0.2) is 9.59 Å². The van der Waals surface area contributed by atoms with Crippen molar-refractivity contribution >= 4 is 17.7 Å². The Labute approximate surface area is 186 Å². The van der Waals surface area contributed by atoms with E-state index in [9.17, 15) is 20.0 Å². The van der Waals surface area contributed by atoms with E-state index < -0.39 is 39.6 Å². The summed E-state index contributed by atoms with van der Waals surface area (Å²) in [5, 5.41) is 23.3. The number of hydrogen-bond donors (Lipinski definition) is 1. The molecule has 8 nitrogen and oxygen atoms in total. The molecule has 1 amide bonds. The lowest BCUT2D eigenvalue weighted by Gasteiger charge is -2.74. The van der Waals surface area contributed by atoms with Crippen LogP contribution in [0, 0.1) is 16.7 Å². The molecule has 8 heteroatoms. The maximum Gasteiger partial charge on any atom is 0.414 e. The van der Waals surface area contributed by atoms with Gasteiger partial charge in [0, 0.05) is 12.0 Å². The number of para-hydroxylation sites is 1. The standard InChI is InChI=1S/C24H27N3O5/c1-31-18(28)22(30)14-20-8-5-12-26-13-11-21(24(20,26)15-25)16-6-3-4-7-17(16)27(19(29)32-2)23(21,22)10-9-20/h3-4,6-7,30H,5,8-14H2,1-2H3/t20-,21+,22-,23+,24+/m1/s1. The summed E-state index contributed by atoms with van der Waals surface area (Å²) in [5.41, 5.74) is -4.28. The van der Waals surface area contributed by atoms with Crippen LogP contribution in [-0.4, -0.2) is 66.1 Å². The van der Waals surface area contributed by atoms with Crippen LogP contribution in [-0.2, 0) is 19.7 Å². The summed E-state index contributed by atoms with van der Waals surface area (Å²) in [5.74, 6) is -0.742. The molecule has 1 aromatic rings. The zero-order valence-electron chi connectivity index (χ0n) is 18.4. The minimum Gasteiger partial charge on any atom is -0.467 e. The van der Waals surface area contributed by atoms with Crippen LogP contribution in [0.25, 0.3) is 0 Å². The molecule has 0 radical (unpaired) electrons. The Morgan fingerprint density at radius 2 is 1.88 bits per heavy atom. The number of hydrogen-bond acceptors (Lipinski definition) is 7. The normalized spacial score (nSPS) is 43.1. The number of nitriles is 1. The van der Waals surface area contributed by atoms with Gasteiger partial charge in [0.1, 0.15) is 11.1 Å². The number of anilines is 1. The van der Waals surface area contributed by atoms with Crippen LogP contribution in [0.2, 0.25) is 0 Å². The van der Waals surface area contributed by atoms with Crippen molar-refractivity contribution in [3.8, 4) is 6.07 Å². The van der Waals surface area contributed by atoms with Gasteiger partial charge in [0.2, 0.25) is 0 Å². The minimum absolute atomic E-state index is 0.0972. The Hall–Kier alpha value is -2.63. The van der Waals surface area contributed by atoms with Gasteiger partial charge < -0.3 is 14.6 Å². The summed E-state index contributed by atoms with van der Waals surface area (Å²) in [6, 6.07) is 10.3. The minimum atomic E-state index is -1.96. The number of fused-ring (bicyclic) bond motifs is 3. The van der Waals surface area contributed by atoms with Gasteiger partial charge in [0.25, 0.3) is 0 Å². The summed E-state index contributed by atoms with van der Waals surface area (Å²) < 4.78 is 10.4. The highest BCUT2D eigenvalue weighted by Gasteiger charge is 2.92. The number of nitrogens with zero attached hydrogens (tertiary/aromatic N) is 3. The fourth-order valence-electron chi connectivity index (χ4n) is 9.04. The van der Waals surface area contributed by atoms with E-state index in [1.165, 1.54) is 19.1 Å². The fourth-order valence-corrected chi connectivity index (χ4v) is 9.04. The van der Waals surface area contributed by atoms with E-state index in [4.69, 9.17) is 9.47 Å². The quantitative estimate of drug-likeness (QED) is 0.671. The van der Waals surface area contributed by atoms with Crippen molar-refractivity contribution in [3.63, 3.8) is 0 Å². The van der Waals surface area contributed by atoms with Gasteiger partial charge in [-0.05, 0) is 56.7 Å². The zero-order chi connectivity index (χ0) is 22.6. The molecule has 2 bridgehead atoms. The number of rotatable bonds is 1. The van der Waals surface area contributed by atoms with E-state index in [-0.39, 0.29) is 6.42 Å². The molecule has 7 rings (SSSR count). The van der Waals surface area contributed by atoms with E-state index in [1.54, 1.807) is 0 Å². The van der Waals surface area contributed by atoms with Crippen LogP contribution in [0.5, 0.6) is 0 Å². The van der Waals surface area contributed by atoms with Crippen molar-refractivity contribution < 1.29 is 24.2 Å². The molecule has 32 heavy (non-hydrogen) atoms. The number of esters is 1. The van der Waals surface area contributed by atoms with Crippen molar-refractivity contribution in [2.45, 2.75) is 60.6 Å². The fraction of sp³-hybridized carbons (Fsp3) is 0.625. The SMILES string of the molecule is COC(=O)N1c2ccccc2[C@@]23CCN4CCC[C@]5(CC[C@]12[C@](O)(C(=O)OC)C5)[C@]43C#N. The molecular weight excluding hydrogens is 410 g/mol. The number of methoxy groups -OCH3 is 2. The Morgan fingerprint density at radius 1 is 1.09 bits per heavy atom. The first-order valence-electron chi connectivity index (χ1n) is 11.3. The van der Waals surface area contributed by atoms with Crippen molar-refractivity contribution in [3.05, 3.63) is 29.8 Å². The van der Waals surface area contributed by atoms with Gasteiger partial charge in [-0.2, -0.15) is 5.26 Å². The van der Waals surface area contributed by atoms with Gasteiger partial charge >= 0.3 is 12.1 Å². The number of ether oxygens (including phenoxy) is 2. The van der Waals surface area contributed by atoms with Crippen LogP contribution < -0.4 is 4.90 Å². The van der Waals surface area contributed by atoms with Crippen molar-refractivity contribution in [2.75, 3.05) is 32.2 Å².